The lowest BCUT2D eigenvalue weighted by molar-refractivity contribution is 0.668. The van der Waals surface area contributed by atoms with Gasteiger partial charge < -0.3 is 13.7 Å². The van der Waals surface area contributed by atoms with E-state index in [0.29, 0.717) is 17.5 Å². The molecule has 0 unspecified atom stereocenters. The molecular formula is C51H30N4O2S. The zero-order valence-electron chi connectivity index (χ0n) is 30.8. The van der Waals surface area contributed by atoms with Gasteiger partial charge in [0.25, 0.3) is 0 Å². The zero-order chi connectivity index (χ0) is 38.2. The summed E-state index contributed by atoms with van der Waals surface area (Å²) in [4.78, 5) is 17.4. The van der Waals surface area contributed by atoms with Gasteiger partial charge in [0.15, 0.2) is 17.5 Å². The number of hydrogen-bond acceptors (Lipinski definition) is 7. The molecule has 0 aliphatic carbocycles. The zero-order valence-corrected chi connectivity index (χ0v) is 31.7. The number of para-hydroxylation sites is 1. The van der Waals surface area contributed by atoms with Crippen molar-refractivity contribution in [3.8, 4) is 34.2 Å². The van der Waals surface area contributed by atoms with Crippen molar-refractivity contribution in [1.29, 1.82) is 0 Å². The number of hydrogen-bond donors (Lipinski definition) is 0. The van der Waals surface area contributed by atoms with Gasteiger partial charge in [0, 0.05) is 81.5 Å². The van der Waals surface area contributed by atoms with Crippen LogP contribution in [0.1, 0.15) is 0 Å². The van der Waals surface area contributed by atoms with Crippen molar-refractivity contribution in [3.63, 3.8) is 0 Å². The quantitative estimate of drug-likeness (QED) is 0.168. The lowest BCUT2D eigenvalue weighted by Crippen LogP contribution is -2.09. The van der Waals surface area contributed by atoms with Gasteiger partial charge in [0.05, 0.1) is 0 Å². The minimum absolute atomic E-state index is 0.587. The van der Waals surface area contributed by atoms with Gasteiger partial charge in [-0.05, 0) is 66.7 Å². The third kappa shape index (κ3) is 5.29. The molecule has 0 saturated carbocycles. The molecule has 0 saturated heterocycles. The van der Waals surface area contributed by atoms with E-state index in [1.807, 2.05) is 96.3 Å². The van der Waals surface area contributed by atoms with E-state index in [1.165, 1.54) is 20.2 Å². The lowest BCUT2D eigenvalue weighted by Gasteiger charge is -2.25. The maximum absolute atomic E-state index is 6.73. The lowest BCUT2D eigenvalue weighted by atomic mass is 10.0. The standard InChI is InChI=1S/C51H30N4O2S/c1-3-12-31(13-4-1)49-52-50(32-14-5-2-6-15-32)54-51(53-49)39-18-11-20-44-48(39)38-25-22-35(30-45(38)57-44)55(33-23-26-43-40(28-33)36-16-7-9-19-42(36)56-43)34-24-27-47-41(29-34)37-17-8-10-21-46(37)58-47/h1-30H. The molecule has 6 nitrogen and oxygen atoms in total. The maximum Gasteiger partial charge on any atom is 0.164 e. The molecule has 0 atom stereocenters. The highest BCUT2D eigenvalue weighted by Gasteiger charge is 2.21. The second-order valence-corrected chi connectivity index (χ2v) is 15.5. The van der Waals surface area contributed by atoms with E-state index in [-0.39, 0.29) is 0 Å². The molecule has 0 bridgehead atoms. The van der Waals surface area contributed by atoms with Crippen molar-refractivity contribution in [2.24, 2.45) is 0 Å². The number of anilines is 3. The van der Waals surface area contributed by atoms with E-state index in [0.717, 1.165) is 77.6 Å². The average molecular weight is 763 g/mol. The van der Waals surface area contributed by atoms with Crippen LogP contribution in [0.4, 0.5) is 17.1 Å². The summed E-state index contributed by atoms with van der Waals surface area (Å²) in [6.07, 6.45) is 0. The first-order valence-corrected chi connectivity index (χ1v) is 20.0. The van der Waals surface area contributed by atoms with Crippen molar-refractivity contribution in [1.82, 2.24) is 15.0 Å². The molecule has 0 aliphatic heterocycles. The normalized spacial score (nSPS) is 11.8. The van der Waals surface area contributed by atoms with Crippen LogP contribution in [0.2, 0.25) is 0 Å². The van der Waals surface area contributed by atoms with Crippen molar-refractivity contribution < 1.29 is 8.83 Å². The summed E-state index contributed by atoms with van der Waals surface area (Å²) in [5.41, 5.74) is 9.01. The molecule has 0 fully saturated rings. The molecule has 12 rings (SSSR count). The molecule has 7 heteroatoms. The van der Waals surface area contributed by atoms with Crippen LogP contribution in [-0.4, -0.2) is 15.0 Å². The number of aromatic nitrogens is 3. The minimum atomic E-state index is 0.587. The van der Waals surface area contributed by atoms with Gasteiger partial charge in [0.1, 0.15) is 22.3 Å². The highest BCUT2D eigenvalue weighted by molar-refractivity contribution is 7.25. The SMILES string of the molecule is c1ccc(-c2nc(-c3ccccc3)nc(-c3cccc4oc5cc(N(c6ccc7oc8ccccc8c7c6)c6ccc7sc8ccccc8c7c6)ccc5c34)n2)cc1. The summed E-state index contributed by atoms with van der Waals surface area (Å²) in [6.45, 7) is 0. The molecule has 4 aromatic heterocycles. The molecule has 0 N–H and O–H groups in total. The Bertz CT molecular complexity index is 3360. The Morgan fingerprint density at radius 2 is 0.931 bits per heavy atom. The Labute approximate surface area is 335 Å². The maximum atomic E-state index is 6.73. The number of fused-ring (bicyclic) bond motifs is 9. The van der Waals surface area contributed by atoms with Crippen LogP contribution in [-0.2, 0) is 0 Å². The smallest absolute Gasteiger partial charge is 0.164 e. The van der Waals surface area contributed by atoms with Crippen LogP contribution >= 0.6 is 11.3 Å². The van der Waals surface area contributed by atoms with E-state index < -0.39 is 0 Å². The Morgan fingerprint density at radius 3 is 1.72 bits per heavy atom. The third-order valence-corrected chi connectivity index (χ3v) is 12.1. The Morgan fingerprint density at radius 1 is 0.362 bits per heavy atom. The van der Waals surface area contributed by atoms with Crippen LogP contribution in [0.15, 0.2) is 191 Å². The Balaban J connectivity index is 1.05. The van der Waals surface area contributed by atoms with Gasteiger partial charge in [-0.1, -0.05) is 109 Å². The van der Waals surface area contributed by atoms with Gasteiger partial charge in [-0.25, -0.2) is 15.0 Å². The second-order valence-electron chi connectivity index (χ2n) is 14.4. The highest BCUT2D eigenvalue weighted by atomic mass is 32.1. The summed E-state index contributed by atoms with van der Waals surface area (Å²) >= 11 is 1.82. The summed E-state index contributed by atoms with van der Waals surface area (Å²) in [6, 6.07) is 62.7. The van der Waals surface area contributed by atoms with Crippen molar-refractivity contribution >= 4 is 92.4 Å². The molecule has 0 amide bonds. The third-order valence-electron chi connectivity index (χ3n) is 10.9. The molecule has 272 valence electrons. The highest BCUT2D eigenvalue weighted by Crippen LogP contribution is 2.44. The fourth-order valence-electron chi connectivity index (χ4n) is 8.22. The summed E-state index contributed by atoms with van der Waals surface area (Å²) < 4.78 is 15.5. The van der Waals surface area contributed by atoms with Gasteiger partial charge in [-0.2, -0.15) is 0 Å². The molecule has 0 spiro atoms. The fraction of sp³-hybridized carbons (Fsp3) is 0. The van der Waals surface area contributed by atoms with Gasteiger partial charge in [-0.15, -0.1) is 11.3 Å². The monoisotopic (exact) mass is 762 g/mol. The van der Waals surface area contributed by atoms with E-state index >= 15 is 0 Å². The van der Waals surface area contributed by atoms with Gasteiger partial charge in [0.2, 0.25) is 0 Å². The molecule has 58 heavy (non-hydrogen) atoms. The van der Waals surface area contributed by atoms with Crippen LogP contribution in [0, 0.1) is 0 Å². The topological polar surface area (TPSA) is 68.2 Å². The van der Waals surface area contributed by atoms with Crippen molar-refractivity contribution in [2.75, 3.05) is 4.90 Å². The van der Waals surface area contributed by atoms with Crippen LogP contribution in [0.5, 0.6) is 0 Å². The molecule has 0 aliphatic rings. The summed E-state index contributed by atoms with van der Waals surface area (Å²) in [5.74, 6) is 1.82. The Kier molecular flexibility index (Phi) is 7.30. The largest absolute Gasteiger partial charge is 0.456 e. The second kappa shape index (κ2) is 13.0. The predicted molar refractivity (Wildman–Crippen MR) is 238 cm³/mol. The molecule has 4 heterocycles. The van der Waals surface area contributed by atoms with E-state index in [1.54, 1.807) is 0 Å². The average Bonchev–Trinajstić information content (AvgIpc) is 3.98. The first-order chi connectivity index (χ1) is 28.7. The number of furan rings is 2. The number of nitrogens with zero attached hydrogens (tertiary/aromatic N) is 4. The van der Waals surface area contributed by atoms with Gasteiger partial charge >= 0.3 is 0 Å². The molecule has 12 aromatic rings. The van der Waals surface area contributed by atoms with Crippen molar-refractivity contribution in [2.45, 2.75) is 0 Å². The molecule has 0 radical (unpaired) electrons. The summed E-state index contributed by atoms with van der Waals surface area (Å²) in [5, 5.41) is 6.57. The van der Waals surface area contributed by atoms with Crippen LogP contribution < -0.4 is 4.90 Å². The number of rotatable bonds is 6. The van der Waals surface area contributed by atoms with Crippen LogP contribution in [0.3, 0.4) is 0 Å². The fourth-order valence-corrected chi connectivity index (χ4v) is 9.31. The van der Waals surface area contributed by atoms with E-state index in [2.05, 4.69) is 102 Å². The van der Waals surface area contributed by atoms with E-state index in [9.17, 15) is 0 Å². The first-order valence-electron chi connectivity index (χ1n) is 19.2. The Hall–Kier alpha value is -7.61. The first kappa shape index (κ1) is 32.6. The van der Waals surface area contributed by atoms with Crippen molar-refractivity contribution in [3.05, 3.63) is 182 Å². The van der Waals surface area contributed by atoms with E-state index in [4.69, 9.17) is 23.8 Å². The minimum Gasteiger partial charge on any atom is -0.456 e. The summed E-state index contributed by atoms with van der Waals surface area (Å²) in [7, 11) is 0. The predicted octanol–water partition coefficient (Wildman–Crippen LogP) is 14.5. The molecular weight excluding hydrogens is 733 g/mol. The van der Waals surface area contributed by atoms with Crippen LogP contribution in [0.25, 0.3) is 98.2 Å². The number of benzene rings is 8. The molecule has 8 aromatic carbocycles. The number of thiophene rings is 1. The van der Waals surface area contributed by atoms with Gasteiger partial charge in [-0.3, -0.25) is 0 Å².